The van der Waals surface area contributed by atoms with E-state index in [1.807, 2.05) is 19.1 Å². The number of thiazole rings is 1. The highest BCUT2D eigenvalue weighted by molar-refractivity contribution is 7.14. The van der Waals surface area contributed by atoms with E-state index in [1.54, 1.807) is 60.0 Å². The van der Waals surface area contributed by atoms with Crippen molar-refractivity contribution in [3.8, 4) is 11.3 Å². The Hall–Kier alpha value is -3.69. The Morgan fingerprint density at radius 3 is 2.46 bits per heavy atom. The molecule has 1 aliphatic heterocycles. The van der Waals surface area contributed by atoms with Crippen LogP contribution in [0.4, 0.5) is 16.5 Å². The molecule has 0 saturated carbocycles. The number of hydrogen-bond donors (Lipinski definition) is 2. The third-order valence-electron chi connectivity index (χ3n) is 5.96. The van der Waals surface area contributed by atoms with Crippen molar-refractivity contribution in [1.82, 2.24) is 4.98 Å². The van der Waals surface area contributed by atoms with Gasteiger partial charge in [0.15, 0.2) is 5.13 Å². The summed E-state index contributed by atoms with van der Waals surface area (Å²) in [5.74, 6) is -1.61. The highest BCUT2D eigenvalue weighted by Crippen LogP contribution is 2.33. The standard InChI is InChI=1S/C28H19Cl3N4O3S/c1-2-15-6-9-19(10-7-15)35-26(37)23(31)24(27(35)38)32-18-5-3-4-16(12-18)25(36)34-28-33-22(14-39-28)20-11-8-17(29)13-21(20)30/h3-14,32H,2H2,1H3,(H,33,34,36). The monoisotopic (exact) mass is 596 g/mol. The summed E-state index contributed by atoms with van der Waals surface area (Å²) in [6.45, 7) is 2.02. The summed E-state index contributed by atoms with van der Waals surface area (Å²) < 4.78 is 0. The maximum Gasteiger partial charge on any atom is 0.283 e. The van der Waals surface area contributed by atoms with Crippen LogP contribution in [0.25, 0.3) is 11.3 Å². The summed E-state index contributed by atoms with van der Waals surface area (Å²) in [6, 6.07) is 18.7. The molecule has 1 aromatic heterocycles. The number of carbonyl (C=O) groups excluding carboxylic acids is 3. The van der Waals surface area contributed by atoms with E-state index in [2.05, 4.69) is 15.6 Å². The van der Waals surface area contributed by atoms with Gasteiger partial charge in [0.2, 0.25) is 0 Å². The zero-order valence-corrected chi connectivity index (χ0v) is 23.4. The summed E-state index contributed by atoms with van der Waals surface area (Å²) in [7, 11) is 0. The summed E-state index contributed by atoms with van der Waals surface area (Å²) in [6.07, 6.45) is 0.832. The second-order valence-electron chi connectivity index (χ2n) is 8.48. The van der Waals surface area contributed by atoms with Crippen LogP contribution in [-0.2, 0) is 16.0 Å². The van der Waals surface area contributed by atoms with Crippen LogP contribution >= 0.6 is 46.1 Å². The van der Waals surface area contributed by atoms with Gasteiger partial charge in [0.05, 0.1) is 16.4 Å². The molecule has 0 fully saturated rings. The Kier molecular flexibility index (Phi) is 7.72. The summed E-state index contributed by atoms with van der Waals surface area (Å²) >= 11 is 19.8. The highest BCUT2D eigenvalue weighted by atomic mass is 35.5. The maximum absolute atomic E-state index is 13.1. The lowest BCUT2D eigenvalue weighted by Crippen LogP contribution is -2.32. The molecule has 2 heterocycles. The average molecular weight is 598 g/mol. The second-order valence-corrected chi connectivity index (χ2v) is 10.6. The summed E-state index contributed by atoms with van der Waals surface area (Å²) in [5, 5.41) is 8.57. The van der Waals surface area contributed by atoms with E-state index in [1.165, 1.54) is 11.3 Å². The van der Waals surface area contributed by atoms with Gasteiger partial charge in [0.1, 0.15) is 10.7 Å². The largest absolute Gasteiger partial charge is 0.350 e. The van der Waals surface area contributed by atoms with Crippen LogP contribution in [0.15, 0.2) is 82.8 Å². The van der Waals surface area contributed by atoms with Crippen LogP contribution in [0.5, 0.6) is 0 Å². The summed E-state index contributed by atoms with van der Waals surface area (Å²) in [4.78, 5) is 44.3. The lowest BCUT2D eigenvalue weighted by atomic mass is 10.1. The fourth-order valence-electron chi connectivity index (χ4n) is 3.93. The number of hydrogen-bond acceptors (Lipinski definition) is 6. The predicted octanol–water partition coefficient (Wildman–Crippen LogP) is 7.37. The molecule has 0 spiro atoms. The van der Waals surface area contributed by atoms with Crippen molar-refractivity contribution in [2.75, 3.05) is 15.5 Å². The van der Waals surface area contributed by atoms with E-state index in [0.717, 1.165) is 16.9 Å². The number of rotatable bonds is 7. The highest BCUT2D eigenvalue weighted by Gasteiger charge is 2.39. The molecular formula is C28H19Cl3N4O3S. The number of carbonyl (C=O) groups is 3. The zero-order chi connectivity index (χ0) is 27.7. The molecule has 0 atom stereocenters. The number of benzene rings is 3. The average Bonchev–Trinajstić information content (AvgIpc) is 3.47. The minimum atomic E-state index is -0.623. The third kappa shape index (κ3) is 5.55. The first-order valence-corrected chi connectivity index (χ1v) is 13.7. The number of nitrogens with one attached hydrogen (secondary N) is 2. The van der Waals surface area contributed by atoms with E-state index in [9.17, 15) is 14.4 Å². The van der Waals surface area contributed by atoms with Crippen LogP contribution in [-0.4, -0.2) is 22.7 Å². The first kappa shape index (κ1) is 26.9. The van der Waals surface area contributed by atoms with E-state index in [4.69, 9.17) is 34.8 Å². The molecule has 2 N–H and O–H groups in total. The smallest absolute Gasteiger partial charge is 0.283 e. The van der Waals surface area contributed by atoms with Crippen LogP contribution in [0.1, 0.15) is 22.8 Å². The van der Waals surface area contributed by atoms with E-state index in [-0.39, 0.29) is 10.7 Å². The molecule has 3 amide bonds. The molecule has 39 heavy (non-hydrogen) atoms. The molecule has 3 aromatic carbocycles. The predicted molar refractivity (Wildman–Crippen MR) is 157 cm³/mol. The van der Waals surface area contributed by atoms with Gasteiger partial charge in [0, 0.05) is 27.2 Å². The number of halogens is 3. The fourth-order valence-corrected chi connectivity index (χ4v) is 5.35. The number of aryl methyl sites for hydroxylation is 1. The van der Waals surface area contributed by atoms with Crippen LogP contribution < -0.4 is 15.5 Å². The minimum Gasteiger partial charge on any atom is -0.350 e. The van der Waals surface area contributed by atoms with Gasteiger partial charge >= 0.3 is 0 Å². The van der Waals surface area contributed by atoms with Crippen molar-refractivity contribution in [2.24, 2.45) is 0 Å². The lowest BCUT2D eigenvalue weighted by Gasteiger charge is -2.15. The molecular weight excluding hydrogens is 579 g/mol. The molecule has 4 aromatic rings. The van der Waals surface area contributed by atoms with Crippen LogP contribution in [0, 0.1) is 0 Å². The Bertz CT molecular complexity index is 1650. The fraction of sp³-hybridized carbons (Fsp3) is 0.0714. The molecule has 0 bridgehead atoms. The number of imide groups is 1. The molecule has 1 aliphatic rings. The number of aromatic nitrogens is 1. The Labute approximate surface area is 243 Å². The van der Waals surface area contributed by atoms with Crippen molar-refractivity contribution in [2.45, 2.75) is 13.3 Å². The van der Waals surface area contributed by atoms with E-state index in [0.29, 0.717) is 43.4 Å². The molecule has 196 valence electrons. The van der Waals surface area contributed by atoms with Gasteiger partial charge < -0.3 is 5.32 Å². The second kappa shape index (κ2) is 11.2. The third-order valence-corrected chi connectivity index (χ3v) is 7.61. The van der Waals surface area contributed by atoms with Gasteiger partial charge in [0.25, 0.3) is 17.7 Å². The maximum atomic E-state index is 13.1. The molecule has 0 saturated heterocycles. The van der Waals surface area contributed by atoms with Crippen molar-refractivity contribution < 1.29 is 14.4 Å². The van der Waals surface area contributed by atoms with Gasteiger partial charge in [-0.1, -0.05) is 59.9 Å². The Morgan fingerprint density at radius 1 is 0.974 bits per heavy atom. The molecule has 5 rings (SSSR count). The first-order chi connectivity index (χ1) is 18.7. The number of amides is 3. The minimum absolute atomic E-state index is 0.0665. The van der Waals surface area contributed by atoms with Gasteiger partial charge in [-0.15, -0.1) is 11.3 Å². The van der Waals surface area contributed by atoms with Gasteiger partial charge in [-0.3, -0.25) is 19.7 Å². The first-order valence-electron chi connectivity index (χ1n) is 11.7. The number of anilines is 3. The lowest BCUT2D eigenvalue weighted by molar-refractivity contribution is -0.120. The van der Waals surface area contributed by atoms with Gasteiger partial charge in [-0.2, -0.15) is 0 Å². The van der Waals surface area contributed by atoms with Crippen molar-refractivity contribution in [3.05, 3.63) is 104 Å². The van der Waals surface area contributed by atoms with Gasteiger partial charge in [-0.25, -0.2) is 9.88 Å². The Balaban J connectivity index is 1.30. The molecule has 0 radical (unpaired) electrons. The zero-order valence-electron chi connectivity index (χ0n) is 20.3. The molecule has 0 aliphatic carbocycles. The van der Waals surface area contributed by atoms with Crippen molar-refractivity contribution in [1.29, 1.82) is 0 Å². The van der Waals surface area contributed by atoms with E-state index < -0.39 is 17.7 Å². The van der Waals surface area contributed by atoms with Crippen LogP contribution in [0.2, 0.25) is 10.0 Å². The van der Waals surface area contributed by atoms with Crippen molar-refractivity contribution >= 4 is 80.4 Å². The van der Waals surface area contributed by atoms with Crippen molar-refractivity contribution in [3.63, 3.8) is 0 Å². The Morgan fingerprint density at radius 2 is 1.74 bits per heavy atom. The van der Waals surface area contributed by atoms with Crippen LogP contribution in [0.3, 0.4) is 0 Å². The molecule has 11 heteroatoms. The number of nitrogens with zero attached hydrogens (tertiary/aromatic N) is 2. The normalized spacial score (nSPS) is 13.3. The van der Waals surface area contributed by atoms with Gasteiger partial charge in [-0.05, 0) is 60.5 Å². The molecule has 0 unspecified atom stereocenters. The van der Waals surface area contributed by atoms with E-state index >= 15 is 0 Å². The quantitative estimate of drug-likeness (QED) is 0.217. The SMILES string of the molecule is CCc1ccc(N2C(=O)C(Cl)=C(Nc3cccc(C(=O)Nc4nc(-c5ccc(Cl)cc5Cl)cs4)c3)C2=O)cc1. The summed E-state index contributed by atoms with van der Waals surface area (Å²) in [5.41, 5.74) is 3.45. The molecule has 7 nitrogen and oxygen atoms in total. The topological polar surface area (TPSA) is 91.4 Å².